The van der Waals surface area contributed by atoms with Crippen LogP contribution in [0.15, 0.2) is 51.6 Å². The zero-order valence-electron chi connectivity index (χ0n) is 12.6. The largest absolute Gasteiger partial charge is 0.497 e. The average molecular weight is 313 g/mol. The van der Waals surface area contributed by atoms with Crippen LogP contribution in [-0.4, -0.2) is 23.2 Å². The molecule has 0 spiro atoms. The van der Waals surface area contributed by atoms with Crippen LogP contribution in [0, 0.1) is 0 Å². The van der Waals surface area contributed by atoms with Gasteiger partial charge in [0.15, 0.2) is 5.76 Å². The number of amides is 1. The highest BCUT2D eigenvalue weighted by atomic mass is 16.5. The highest BCUT2D eigenvalue weighted by molar-refractivity contribution is 5.91. The van der Waals surface area contributed by atoms with E-state index in [-0.39, 0.29) is 11.7 Å². The minimum Gasteiger partial charge on any atom is -0.497 e. The summed E-state index contributed by atoms with van der Waals surface area (Å²) < 4.78 is 15.4. The second-order valence-corrected chi connectivity index (χ2v) is 4.86. The molecule has 1 N–H and O–H groups in total. The van der Waals surface area contributed by atoms with Gasteiger partial charge in [0.1, 0.15) is 11.8 Å². The van der Waals surface area contributed by atoms with E-state index in [0.717, 1.165) is 11.3 Å². The molecule has 3 aromatic rings. The van der Waals surface area contributed by atoms with Crippen molar-refractivity contribution in [1.29, 1.82) is 0 Å². The monoisotopic (exact) mass is 313 g/mol. The number of nitrogens with one attached hydrogen (secondary N) is 1. The molecular weight excluding hydrogens is 298 g/mol. The minimum atomic E-state index is -0.438. The lowest BCUT2D eigenvalue weighted by Gasteiger charge is -2.07. The van der Waals surface area contributed by atoms with Gasteiger partial charge in [-0.1, -0.05) is 5.16 Å². The van der Waals surface area contributed by atoms with Crippen LogP contribution in [0.25, 0.3) is 11.4 Å². The summed E-state index contributed by atoms with van der Waals surface area (Å²) in [7, 11) is 1.60. The molecule has 0 bridgehead atoms. The first-order valence-electron chi connectivity index (χ1n) is 7.00. The van der Waals surface area contributed by atoms with E-state index in [9.17, 15) is 4.79 Å². The molecule has 1 amide bonds. The third-order valence-corrected chi connectivity index (χ3v) is 3.25. The second-order valence-electron chi connectivity index (χ2n) is 4.86. The molecule has 0 aliphatic rings. The summed E-state index contributed by atoms with van der Waals surface area (Å²) in [4.78, 5) is 16.2. The topological polar surface area (TPSA) is 90.4 Å². The number of benzene rings is 1. The molecule has 2 heterocycles. The number of aromatic nitrogens is 2. The Hall–Kier alpha value is -3.09. The number of ether oxygens (including phenoxy) is 1. The number of hydrogen-bond acceptors (Lipinski definition) is 6. The van der Waals surface area contributed by atoms with Crippen molar-refractivity contribution in [2.24, 2.45) is 0 Å². The molecule has 3 rings (SSSR count). The lowest BCUT2D eigenvalue weighted by molar-refractivity contribution is 0.0904. The van der Waals surface area contributed by atoms with Crippen LogP contribution in [0.2, 0.25) is 0 Å². The number of methoxy groups -OCH3 is 1. The van der Waals surface area contributed by atoms with E-state index in [0.29, 0.717) is 11.7 Å². The zero-order valence-corrected chi connectivity index (χ0v) is 12.6. The normalized spacial score (nSPS) is 11.9. The number of carbonyl (C=O) groups excluding carboxylic acids is 1. The van der Waals surface area contributed by atoms with Crippen LogP contribution in [0.5, 0.6) is 5.75 Å². The maximum absolute atomic E-state index is 11.9. The predicted molar refractivity (Wildman–Crippen MR) is 80.9 cm³/mol. The molecule has 0 saturated carbocycles. The van der Waals surface area contributed by atoms with Gasteiger partial charge in [0.05, 0.1) is 13.4 Å². The summed E-state index contributed by atoms with van der Waals surface area (Å²) in [5, 5.41) is 6.66. The first-order valence-corrected chi connectivity index (χ1v) is 7.00. The third kappa shape index (κ3) is 3.23. The molecular formula is C16H15N3O4. The van der Waals surface area contributed by atoms with Crippen LogP contribution in [-0.2, 0) is 0 Å². The average Bonchev–Trinajstić information content (AvgIpc) is 3.26. The summed E-state index contributed by atoms with van der Waals surface area (Å²) >= 11 is 0. The van der Waals surface area contributed by atoms with E-state index >= 15 is 0 Å². The number of hydrogen-bond donors (Lipinski definition) is 1. The summed E-state index contributed by atoms with van der Waals surface area (Å²) in [5.74, 6) is 1.40. The molecule has 7 nitrogen and oxygen atoms in total. The number of nitrogens with zero attached hydrogens (tertiary/aromatic N) is 2. The van der Waals surface area contributed by atoms with Crippen molar-refractivity contribution in [2.75, 3.05) is 7.11 Å². The standard InChI is InChI=1S/C16H15N3O4/c1-10(17-15(20)13-4-3-9-22-13)16-18-14(19-23-16)11-5-7-12(21-2)8-6-11/h3-10H,1-2H3,(H,17,20)/t10-/m0/s1. The quantitative estimate of drug-likeness (QED) is 0.779. The molecule has 0 fully saturated rings. The molecule has 118 valence electrons. The fourth-order valence-electron chi connectivity index (χ4n) is 2.01. The Bertz CT molecular complexity index is 778. The molecule has 1 aromatic carbocycles. The van der Waals surface area contributed by atoms with Crippen molar-refractivity contribution in [3.8, 4) is 17.1 Å². The van der Waals surface area contributed by atoms with Crippen LogP contribution in [0.3, 0.4) is 0 Å². The van der Waals surface area contributed by atoms with E-state index in [1.807, 2.05) is 24.3 Å². The van der Waals surface area contributed by atoms with E-state index in [4.69, 9.17) is 13.7 Å². The molecule has 0 radical (unpaired) electrons. The van der Waals surface area contributed by atoms with Gasteiger partial charge in [-0.3, -0.25) is 4.79 Å². The van der Waals surface area contributed by atoms with Gasteiger partial charge < -0.3 is 19.0 Å². The number of carbonyl (C=O) groups is 1. The zero-order chi connectivity index (χ0) is 16.2. The molecule has 7 heteroatoms. The lowest BCUT2D eigenvalue weighted by Crippen LogP contribution is -2.26. The van der Waals surface area contributed by atoms with Crippen LogP contribution in [0.1, 0.15) is 29.4 Å². The fraction of sp³-hybridized carbons (Fsp3) is 0.188. The Morgan fingerprint density at radius 2 is 2.04 bits per heavy atom. The Labute approximate surface area is 132 Å². The summed E-state index contributed by atoms with van der Waals surface area (Å²) in [6.45, 7) is 1.76. The van der Waals surface area contributed by atoms with Crippen molar-refractivity contribution in [3.63, 3.8) is 0 Å². The Balaban J connectivity index is 1.71. The third-order valence-electron chi connectivity index (χ3n) is 3.25. The number of rotatable bonds is 5. The Morgan fingerprint density at radius 1 is 1.26 bits per heavy atom. The lowest BCUT2D eigenvalue weighted by atomic mass is 10.2. The van der Waals surface area contributed by atoms with Crippen LogP contribution >= 0.6 is 0 Å². The van der Waals surface area contributed by atoms with Gasteiger partial charge >= 0.3 is 0 Å². The SMILES string of the molecule is COc1ccc(-c2noc([C@H](C)NC(=O)c3ccco3)n2)cc1. The molecule has 1 atom stereocenters. The number of furan rings is 1. The smallest absolute Gasteiger partial charge is 0.287 e. The van der Waals surface area contributed by atoms with Gasteiger partial charge in [0.2, 0.25) is 11.7 Å². The van der Waals surface area contributed by atoms with Crippen molar-refractivity contribution >= 4 is 5.91 Å². The fourth-order valence-corrected chi connectivity index (χ4v) is 2.01. The summed E-state index contributed by atoms with van der Waals surface area (Å²) in [5.41, 5.74) is 0.797. The van der Waals surface area contributed by atoms with Crippen LogP contribution < -0.4 is 10.1 Å². The van der Waals surface area contributed by atoms with E-state index < -0.39 is 6.04 Å². The van der Waals surface area contributed by atoms with Gasteiger partial charge in [-0.2, -0.15) is 4.98 Å². The van der Waals surface area contributed by atoms with Gasteiger partial charge in [0, 0.05) is 5.56 Å². The summed E-state index contributed by atoms with van der Waals surface area (Å²) in [6, 6.07) is 10.1. The molecule has 2 aromatic heterocycles. The van der Waals surface area contributed by atoms with Crippen molar-refractivity contribution in [3.05, 3.63) is 54.3 Å². The summed E-state index contributed by atoms with van der Waals surface area (Å²) in [6.07, 6.45) is 1.44. The van der Waals surface area contributed by atoms with Crippen molar-refractivity contribution < 1.29 is 18.5 Å². The van der Waals surface area contributed by atoms with Gasteiger partial charge in [-0.05, 0) is 43.3 Å². The molecule has 0 aliphatic heterocycles. The first kappa shape index (κ1) is 14.8. The van der Waals surface area contributed by atoms with Crippen LogP contribution in [0.4, 0.5) is 0 Å². The maximum Gasteiger partial charge on any atom is 0.287 e. The molecule has 0 aliphatic carbocycles. The second kappa shape index (κ2) is 6.35. The van der Waals surface area contributed by atoms with Gasteiger partial charge in [0.25, 0.3) is 5.91 Å². The minimum absolute atomic E-state index is 0.228. The maximum atomic E-state index is 11.9. The Morgan fingerprint density at radius 3 is 2.70 bits per heavy atom. The molecule has 23 heavy (non-hydrogen) atoms. The molecule has 0 saturated heterocycles. The predicted octanol–water partition coefficient (Wildman–Crippen LogP) is 2.83. The van der Waals surface area contributed by atoms with E-state index in [1.165, 1.54) is 6.26 Å². The Kier molecular flexibility index (Phi) is 4.09. The highest BCUT2D eigenvalue weighted by Gasteiger charge is 2.19. The first-order chi connectivity index (χ1) is 11.2. The van der Waals surface area contributed by atoms with Crippen molar-refractivity contribution in [1.82, 2.24) is 15.5 Å². The molecule has 0 unspecified atom stereocenters. The van der Waals surface area contributed by atoms with Gasteiger partial charge in [-0.25, -0.2) is 0 Å². The van der Waals surface area contributed by atoms with Gasteiger partial charge in [-0.15, -0.1) is 0 Å². The van der Waals surface area contributed by atoms with E-state index in [1.54, 1.807) is 26.2 Å². The van der Waals surface area contributed by atoms with Crippen molar-refractivity contribution in [2.45, 2.75) is 13.0 Å². The highest BCUT2D eigenvalue weighted by Crippen LogP contribution is 2.21. The van der Waals surface area contributed by atoms with E-state index in [2.05, 4.69) is 15.5 Å².